The number of thiazole rings is 1. The standard InChI is InChI=1S/C18H11BrN2OS2/c19-16-9-8-15(24-16)14-10-23-18(20-14)21-17(22)13-7-3-5-11-4-1-2-6-12(11)13/h1-10H,(H,20,21,22). The zero-order valence-corrected chi connectivity index (χ0v) is 15.5. The molecule has 0 bridgehead atoms. The molecule has 3 nitrogen and oxygen atoms in total. The third-order valence-electron chi connectivity index (χ3n) is 3.58. The minimum atomic E-state index is -0.139. The zero-order chi connectivity index (χ0) is 16.5. The smallest absolute Gasteiger partial charge is 0.258 e. The lowest BCUT2D eigenvalue weighted by molar-refractivity contribution is 0.102. The molecule has 0 saturated heterocycles. The molecule has 4 aromatic rings. The SMILES string of the molecule is O=C(Nc1nc(-c2ccc(Br)s2)cs1)c1cccc2ccccc12. The van der Waals surface area contributed by atoms with Crippen LogP contribution in [0.3, 0.4) is 0 Å². The number of hydrogen-bond donors (Lipinski definition) is 1. The Bertz CT molecular complexity index is 1030. The van der Waals surface area contributed by atoms with Crippen LogP contribution in [-0.4, -0.2) is 10.9 Å². The zero-order valence-electron chi connectivity index (χ0n) is 12.3. The molecule has 4 rings (SSSR count). The van der Waals surface area contributed by atoms with Gasteiger partial charge in [0.1, 0.15) is 0 Å². The molecule has 0 atom stereocenters. The van der Waals surface area contributed by atoms with Crippen LogP contribution in [0.25, 0.3) is 21.3 Å². The van der Waals surface area contributed by atoms with Gasteiger partial charge < -0.3 is 0 Å². The molecule has 0 radical (unpaired) electrons. The Kier molecular flexibility index (Phi) is 4.18. The van der Waals surface area contributed by atoms with Crippen LogP contribution >= 0.6 is 38.6 Å². The molecule has 2 aromatic carbocycles. The van der Waals surface area contributed by atoms with Gasteiger partial charge in [0.05, 0.1) is 14.4 Å². The van der Waals surface area contributed by atoms with E-state index in [2.05, 4.69) is 26.2 Å². The quantitative estimate of drug-likeness (QED) is 0.443. The van der Waals surface area contributed by atoms with Crippen LogP contribution in [0.2, 0.25) is 0 Å². The second-order valence-corrected chi connectivity index (χ2v) is 8.44. The lowest BCUT2D eigenvalue weighted by atomic mass is 10.0. The van der Waals surface area contributed by atoms with Crippen molar-refractivity contribution in [1.29, 1.82) is 0 Å². The first-order valence-electron chi connectivity index (χ1n) is 7.21. The summed E-state index contributed by atoms with van der Waals surface area (Å²) in [5, 5.41) is 7.46. The number of rotatable bonds is 3. The average Bonchev–Trinajstić information content (AvgIpc) is 3.23. The molecule has 0 spiro atoms. The highest BCUT2D eigenvalue weighted by Gasteiger charge is 2.13. The fourth-order valence-electron chi connectivity index (χ4n) is 2.48. The normalized spacial score (nSPS) is 10.9. The summed E-state index contributed by atoms with van der Waals surface area (Å²) in [4.78, 5) is 18.2. The van der Waals surface area contributed by atoms with Gasteiger partial charge in [-0.05, 0) is 44.9 Å². The topological polar surface area (TPSA) is 42.0 Å². The molecule has 0 unspecified atom stereocenters. The number of carbonyl (C=O) groups is 1. The molecule has 0 aliphatic rings. The summed E-state index contributed by atoms with van der Waals surface area (Å²) in [6.45, 7) is 0. The van der Waals surface area contributed by atoms with Crippen LogP contribution in [-0.2, 0) is 0 Å². The molecule has 1 amide bonds. The van der Waals surface area contributed by atoms with Crippen LogP contribution in [0.15, 0.2) is 63.8 Å². The van der Waals surface area contributed by atoms with Crippen molar-refractivity contribution in [3.8, 4) is 10.6 Å². The Morgan fingerprint density at radius 3 is 2.71 bits per heavy atom. The maximum atomic E-state index is 12.6. The molecule has 118 valence electrons. The number of halogens is 1. The van der Waals surface area contributed by atoms with E-state index in [0.717, 1.165) is 25.1 Å². The molecule has 0 aliphatic carbocycles. The van der Waals surface area contributed by atoms with Crippen LogP contribution < -0.4 is 5.32 Å². The van der Waals surface area contributed by atoms with E-state index in [9.17, 15) is 4.79 Å². The maximum absolute atomic E-state index is 12.6. The van der Waals surface area contributed by atoms with E-state index in [4.69, 9.17) is 0 Å². The van der Waals surface area contributed by atoms with Crippen LogP contribution in [0.1, 0.15) is 10.4 Å². The van der Waals surface area contributed by atoms with E-state index in [1.165, 1.54) is 11.3 Å². The lowest BCUT2D eigenvalue weighted by Gasteiger charge is -2.05. The van der Waals surface area contributed by atoms with Crippen LogP contribution in [0.4, 0.5) is 5.13 Å². The van der Waals surface area contributed by atoms with Crippen molar-refractivity contribution in [2.45, 2.75) is 0 Å². The number of thiophene rings is 1. The van der Waals surface area contributed by atoms with Gasteiger partial charge >= 0.3 is 0 Å². The van der Waals surface area contributed by atoms with Crippen molar-refractivity contribution in [3.63, 3.8) is 0 Å². The monoisotopic (exact) mass is 414 g/mol. The number of nitrogens with zero attached hydrogens (tertiary/aromatic N) is 1. The fourth-order valence-corrected chi connectivity index (χ4v) is 4.61. The Balaban J connectivity index is 1.61. The highest BCUT2D eigenvalue weighted by Crippen LogP contribution is 2.33. The lowest BCUT2D eigenvalue weighted by Crippen LogP contribution is -2.12. The molecule has 24 heavy (non-hydrogen) atoms. The van der Waals surface area contributed by atoms with Gasteiger partial charge in [0.25, 0.3) is 5.91 Å². The molecule has 2 heterocycles. The van der Waals surface area contributed by atoms with Gasteiger partial charge in [0.2, 0.25) is 0 Å². The van der Waals surface area contributed by atoms with Gasteiger partial charge in [-0.1, -0.05) is 36.4 Å². The Hall–Kier alpha value is -2.02. The highest BCUT2D eigenvalue weighted by atomic mass is 79.9. The first-order valence-corrected chi connectivity index (χ1v) is 9.70. The van der Waals surface area contributed by atoms with E-state index < -0.39 is 0 Å². The van der Waals surface area contributed by atoms with Crippen LogP contribution in [0.5, 0.6) is 0 Å². The van der Waals surface area contributed by atoms with Crippen molar-refractivity contribution in [1.82, 2.24) is 4.98 Å². The Labute approximate surface area is 155 Å². The largest absolute Gasteiger partial charge is 0.298 e. The minimum Gasteiger partial charge on any atom is -0.298 e. The second-order valence-electron chi connectivity index (χ2n) is 5.12. The second kappa shape index (κ2) is 6.47. The van der Waals surface area contributed by atoms with Gasteiger partial charge in [0.15, 0.2) is 5.13 Å². The van der Waals surface area contributed by atoms with E-state index in [0.29, 0.717) is 10.7 Å². The van der Waals surface area contributed by atoms with E-state index in [1.807, 2.05) is 60.0 Å². The van der Waals surface area contributed by atoms with Gasteiger partial charge in [-0.3, -0.25) is 10.1 Å². The Morgan fingerprint density at radius 1 is 1.04 bits per heavy atom. The van der Waals surface area contributed by atoms with Crippen LogP contribution in [0, 0.1) is 0 Å². The first kappa shape index (κ1) is 15.5. The summed E-state index contributed by atoms with van der Waals surface area (Å²) in [6, 6.07) is 17.6. The van der Waals surface area contributed by atoms with Gasteiger partial charge in [0, 0.05) is 10.9 Å². The minimum absolute atomic E-state index is 0.139. The van der Waals surface area contributed by atoms with Crippen molar-refractivity contribution in [3.05, 3.63) is 69.3 Å². The molecule has 6 heteroatoms. The maximum Gasteiger partial charge on any atom is 0.258 e. The Morgan fingerprint density at radius 2 is 1.88 bits per heavy atom. The third kappa shape index (κ3) is 3.00. The van der Waals surface area contributed by atoms with Gasteiger partial charge in [-0.2, -0.15) is 0 Å². The number of hydrogen-bond acceptors (Lipinski definition) is 4. The number of aromatic nitrogens is 1. The summed E-state index contributed by atoms with van der Waals surface area (Å²) in [5.74, 6) is -0.139. The number of carbonyl (C=O) groups excluding carboxylic acids is 1. The molecule has 0 aliphatic heterocycles. The first-order chi connectivity index (χ1) is 11.7. The number of benzene rings is 2. The number of fused-ring (bicyclic) bond motifs is 1. The average molecular weight is 415 g/mol. The number of anilines is 1. The summed E-state index contributed by atoms with van der Waals surface area (Å²) in [7, 11) is 0. The predicted octanol–water partition coefficient (Wildman–Crippen LogP) is 6.04. The predicted molar refractivity (Wildman–Crippen MR) is 105 cm³/mol. The summed E-state index contributed by atoms with van der Waals surface area (Å²) < 4.78 is 1.06. The molecular weight excluding hydrogens is 404 g/mol. The van der Waals surface area contributed by atoms with Gasteiger partial charge in [-0.25, -0.2) is 4.98 Å². The number of nitrogens with one attached hydrogen (secondary N) is 1. The fraction of sp³-hybridized carbons (Fsp3) is 0. The number of amides is 1. The van der Waals surface area contributed by atoms with E-state index >= 15 is 0 Å². The van der Waals surface area contributed by atoms with Crippen molar-refractivity contribution in [2.75, 3.05) is 5.32 Å². The van der Waals surface area contributed by atoms with E-state index in [1.54, 1.807) is 11.3 Å². The summed E-state index contributed by atoms with van der Waals surface area (Å²) in [5.41, 5.74) is 1.53. The summed E-state index contributed by atoms with van der Waals surface area (Å²) in [6.07, 6.45) is 0. The van der Waals surface area contributed by atoms with Gasteiger partial charge in [-0.15, -0.1) is 22.7 Å². The van der Waals surface area contributed by atoms with E-state index in [-0.39, 0.29) is 5.91 Å². The van der Waals surface area contributed by atoms with Crippen molar-refractivity contribution in [2.24, 2.45) is 0 Å². The third-order valence-corrected chi connectivity index (χ3v) is 5.99. The van der Waals surface area contributed by atoms with Crippen molar-refractivity contribution >= 4 is 60.4 Å². The molecule has 1 N–H and O–H groups in total. The molecular formula is C18H11BrN2OS2. The molecule has 0 saturated carbocycles. The summed E-state index contributed by atoms with van der Waals surface area (Å²) >= 11 is 6.50. The molecule has 2 aromatic heterocycles. The molecule has 0 fully saturated rings. The highest BCUT2D eigenvalue weighted by molar-refractivity contribution is 9.11. The van der Waals surface area contributed by atoms with Crippen molar-refractivity contribution < 1.29 is 4.79 Å².